The highest BCUT2D eigenvalue weighted by atomic mass is 79.9. The van der Waals surface area contributed by atoms with Gasteiger partial charge in [0, 0.05) is 15.1 Å². The van der Waals surface area contributed by atoms with E-state index in [0.29, 0.717) is 0 Å². The second kappa shape index (κ2) is 5.55. The van der Waals surface area contributed by atoms with Crippen molar-refractivity contribution in [1.82, 2.24) is 0 Å². The van der Waals surface area contributed by atoms with E-state index in [4.69, 9.17) is 0 Å². The number of hydrogen-bond donors (Lipinski definition) is 0. The predicted molar refractivity (Wildman–Crippen MR) is 60.3 cm³/mol. The van der Waals surface area contributed by atoms with E-state index in [-0.39, 0.29) is 0 Å². The Morgan fingerprint density at radius 1 is 1.46 bits per heavy atom. The summed E-state index contributed by atoms with van der Waals surface area (Å²) in [5.74, 6) is 0.771. The highest BCUT2D eigenvalue weighted by molar-refractivity contribution is 9.10. The second-order valence-electron chi connectivity index (χ2n) is 2.86. The molecule has 13 heavy (non-hydrogen) atoms. The van der Waals surface area contributed by atoms with Gasteiger partial charge in [0.05, 0.1) is 10.8 Å². The van der Waals surface area contributed by atoms with Gasteiger partial charge in [-0.25, -0.2) is 0 Å². The number of hydrogen-bond acceptors (Lipinski definition) is 1. The van der Waals surface area contributed by atoms with Crippen molar-refractivity contribution in [3.05, 3.63) is 28.7 Å². The Kier molecular flexibility index (Phi) is 4.67. The van der Waals surface area contributed by atoms with E-state index in [1.54, 1.807) is 0 Å². The van der Waals surface area contributed by atoms with Crippen LogP contribution in [0.2, 0.25) is 0 Å². The summed E-state index contributed by atoms with van der Waals surface area (Å²) in [4.78, 5) is 0.919. The first-order valence-electron chi connectivity index (χ1n) is 4.38. The van der Waals surface area contributed by atoms with Crippen LogP contribution in [0.4, 0.5) is 0 Å². The zero-order valence-corrected chi connectivity index (χ0v) is 10.0. The third-order valence-corrected chi connectivity index (χ3v) is 3.67. The van der Waals surface area contributed by atoms with E-state index in [9.17, 15) is 4.21 Å². The topological polar surface area (TPSA) is 17.1 Å². The molecule has 0 aliphatic heterocycles. The van der Waals surface area contributed by atoms with Crippen LogP contribution in [-0.2, 0) is 10.8 Å². The molecular weight excluding hydrogens is 248 g/mol. The molecule has 0 saturated heterocycles. The lowest BCUT2D eigenvalue weighted by Gasteiger charge is -2.01. The fourth-order valence-electron chi connectivity index (χ4n) is 1.00. The van der Waals surface area contributed by atoms with Gasteiger partial charge in [-0.2, -0.15) is 0 Å². The summed E-state index contributed by atoms with van der Waals surface area (Å²) in [5.41, 5.74) is 0. The van der Waals surface area contributed by atoms with Crippen LogP contribution in [0, 0.1) is 0 Å². The molecule has 1 aromatic carbocycles. The molecule has 0 fully saturated rings. The minimum atomic E-state index is -0.824. The van der Waals surface area contributed by atoms with E-state index in [1.165, 1.54) is 0 Å². The Bertz CT molecular complexity index is 299. The number of unbranched alkanes of at least 4 members (excludes halogenated alkanes) is 1. The van der Waals surface area contributed by atoms with Crippen LogP contribution in [0.3, 0.4) is 0 Å². The molecule has 0 N–H and O–H groups in total. The monoisotopic (exact) mass is 260 g/mol. The summed E-state index contributed by atoms with van der Waals surface area (Å²) in [6.45, 7) is 2.11. The number of rotatable bonds is 4. The van der Waals surface area contributed by atoms with Crippen LogP contribution in [0.5, 0.6) is 0 Å². The van der Waals surface area contributed by atoms with Gasteiger partial charge in [-0.05, 0) is 24.6 Å². The van der Waals surface area contributed by atoms with Crippen molar-refractivity contribution in [3.8, 4) is 0 Å². The lowest BCUT2D eigenvalue weighted by molar-refractivity contribution is 0.679. The summed E-state index contributed by atoms with van der Waals surface area (Å²) in [6.07, 6.45) is 2.12. The highest BCUT2D eigenvalue weighted by Crippen LogP contribution is 2.15. The van der Waals surface area contributed by atoms with Crippen LogP contribution in [0.25, 0.3) is 0 Å². The molecule has 0 aliphatic rings. The molecule has 0 heterocycles. The van der Waals surface area contributed by atoms with Crippen LogP contribution < -0.4 is 0 Å². The van der Waals surface area contributed by atoms with Gasteiger partial charge in [0.25, 0.3) is 0 Å². The molecule has 0 amide bonds. The Balaban J connectivity index is 2.66. The first-order chi connectivity index (χ1) is 6.24. The molecule has 0 aliphatic carbocycles. The van der Waals surface area contributed by atoms with Crippen molar-refractivity contribution in [2.24, 2.45) is 0 Å². The summed E-state index contributed by atoms with van der Waals surface area (Å²) >= 11 is 3.36. The number of halogens is 1. The zero-order valence-electron chi connectivity index (χ0n) is 7.63. The molecule has 1 nitrogen and oxygen atoms in total. The van der Waals surface area contributed by atoms with Crippen molar-refractivity contribution in [2.75, 3.05) is 5.75 Å². The lowest BCUT2D eigenvalue weighted by Crippen LogP contribution is -1.97. The van der Waals surface area contributed by atoms with Crippen molar-refractivity contribution in [1.29, 1.82) is 0 Å². The van der Waals surface area contributed by atoms with Crippen LogP contribution >= 0.6 is 15.9 Å². The van der Waals surface area contributed by atoms with Crippen LogP contribution in [-0.4, -0.2) is 9.96 Å². The maximum absolute atomic E-state index is 11.6. The average Bonchev–Trinajstić information content (AvgIpc) is 2.14. The van der Waals surface area contributed by atoms with Crippen molar-refractivity contribution < 1.29 is 4.21 Å². The molecule has 0 bridgehead atoms. The van der Waals surface area contributed by atoms with Gasteiger partial charge in [0.2, 0.25) is 0 Å². The molecule has 1 aromatic rings. The molecule has 72 valence electrons. The maximum Gasteiger partial charge on any atom is 0.0529 e. The van der Waals surface area contributed by atoms with Crippen molar-refractivity contribution >= 4 is 26.7 Å². The van der Waals surface area contributed by atoms with E-state index < -0.39 is 10.8 Å². The minimum Gasteiger partial charge on any atom is -0.254 e. The quantitative estimate of drug-likeness (QED) is 0.812. The zero-order chi connectivity index (χ0) is 9.68. The van der Waals surface area contributed by atoms with Gasteiger partial charge in [-0.3, -0.25) is 4.21 Å². The van der Waals surface area contributed by atoms with Gasteiger partial charge in [-0.1, -0.05) is 35.3 Å². The highest BCUT2D eigenvalue weighted by Gasteiger charge is 2.02. The lowest BCUT2D eigenvalue weighted by atomic mass is 10.4. The SMILES string of the molecule is CCCC[S@](=O)c1cccc(Br)c1. The Hall–Kier alpha value is -0.150. The summed E-state index contributed by atoms with van der Waals surface area (Å²) in [7, 11) is -0.824. The minimum absolute atomic E-state index is 0.771. The molecule has 0 aromatic heterocycles. The molecule has 0 radical (unpaired) electrons. The van der Waals surface area contributed by atoms with Gasteiger partial charge < -0.3 is 0 Å². The Morgan fingerprint density at radius 3 is 2.85 bits per heavy atom. The first-order valence-corrected chi connectivity index (χ1v) is 6.49. The van der Waals surface area contributed by atoms with E-state index in [0.717, 1.165) is 28.0 Å². The van der Waals surface area contributed by atoms with Gasteiger partial charge in [-0.15, -0.1) is 0 Å². The van der Waals surface area contributed by atoms with Gasteiger partial charge in [0.1, 0.15) is 0 Å². The van der Waals surface area contributed by atoms with Crippen molar-refractivity contribution in [2.45, 2.75) is 24.7 Å². The molecule has 1 atom stereocenters. The fourth-order valence-corrected chi connectivity index (χ4v) is 2.83. The molecule has 0 unspecified atom stereocenters. The van der Waals surface area contributed by atoms with E-state index in [1.807, 2.05) is 24.3 Å². The fraction of sp³-hybridized carbons (Fsp3) is 0.400. The predicted octanol–water partition coefficient (Wildman–Crippen LogP) is 3.36. The maximum atomic E-state index is 11.6. The largest absolute Gasteiger partial charge is 0.254 e. The molecular formula is C10H13BrOS. The Morgan fingerprint density at radius 2 is 2.23 bits per heavy atom. The normalized spacial score (nSPS) is 12.8. The van der Waals surface area contributed by atoms with E-state index in [2.05, 4.69) is 22.9 Å². The molecule has 0 spiro atoms. The third kappa shape index (κ3) is 3.61. The van der Waals surface area contributed by atoms with Gasteiger partial charge >= 0.3 is 0 Å². The molecule has 1 rings (SSSR count). The summed E-state index contributed by atoms with van der Waals surface area (Å²) in [6, 6.07) is 7.70. The Labute approximate surface area is 90.1 Å². The molecule has 3 heteroatoms. The molecule has 0 saturated carbocycles. The summed E-state index contributed by atoms with van der Waals surface area (Å²) in [5, 5.41) is 0. The smallest absolute Gasteiger partial charge is 0.0529 e. The van der Waals surface area contributed by atoms with Crippen molar-refractivity contribution in [3.63, 3.8) is 0 Å². The standard InChI is InChI=1S/C10H13BrOS/c1-2-3-7-13(12)10-6-4-5-9(11)8-10/h4-6,8H,2-3,7H2,1H3/t13-/m0/s1. The van der Waals surface area contributed by atoms with Gasteiger partial charge in [0.15, 0.2) is 0 Å². The first kappa shape index (κ1) is 10.9. The summed E-state index contributed by atoms with van der Waals surface area (Å²) < 4.78 is 12.6. The average molecular weight is 261 g/mol. The second-order valence-corrected chi connectivity index (χ2v) is 5.35. The van der Waals surface area contributed by atoms with Crippen LogP contribution in [0.1, 0.15) is 19.8 Å². The third-order valence-electron chi connectivity index (χ3n) is 1.74. The van der Waals surface area contributed by atoms with E-state index >= 15 is 0 Å². The van der Waals surface area contributed by atoms with Crippen LogP contribution in [0.15, 0.2) is 33.6 Å². The number of benzene rings is 1.